The first-order valence-corrected chi connectivity index (χ1v) is 11.1. The second-order valence-corrected chi connectivity index (χ2v) is 9.89. The van der Waals surface area contributed by atoms with Gasteiger partial charge in [0.05, 0.1) is 10.6 Å². The van der Waals surface area contributed by atoms with Gasteiger partial charge in [0.1, 0.15) is 5.82 Å². The number of nitrogens with zero attached hydrogens (tertiary/aromatic N) is 5. The van der Waals surface area contributed by atoms with Crippen molar-refractivity contribution in [3.05, 3.63) is 57.4 Å². The minimum absolute atomic E-state index is 0.00230. The number of anilines is 1. The fourth-order valence-corrected chi connectivity index (χ4v) is 4.61. The SMILES string of the molecule is Cc1cc(C)nc(-n2nc(C)cc2NC(=O)c2ccc(Br)c(S(=O)(=O)N(C)C)c2)n1. The molecule has 0 atom stereocenters. The van der Waals surface area contributed by atoms with Gasteiger partial charge >= 0.3 is 0 Å². The molecule has 0 aliphatic heterocycles. The maximum Gasteiger partial charge on any atom is 0.256 e. The smallest absolute Gasteiger partial charge is 0.256 e. The number of sulfonamides is 1. The molecular weight excluding hydrogens is 472 g/mol. The topological polar surface area (TPSA) is 110 Å². The highest BCUT2D eigenvalue weighted by atomic mass is 79.9. The standard InChI is InChI=1S/C19H21BrN6O3S/c1-11-8-12(2)22-19(21-11)26-17(9-13(3)24-26)23-18(27)14-6-7-15(20)16(10-14)30(28,29)25(4)5/h6-10H,1-5H3,(H,23,27). The van der Waals surface area contributed by atoms with E-state index in [4.69, 9.17) is 0 Å². The highest BCUT2D eigenvalue weighted by Gasteiger charge is 2.23. The number of amides is 1. The van der Waals surface area contributed by atoms with Gasteiger partial charge in [-0.2, -0.15) is 9.78 Å². The number of carbonyl (C=O) groups is 1. The Bertz CT molecular complexity index is 1220. The molecule has 0 aliphatic rings. The molecule has 30 heavy (non-hydrogen) atoms. The van der Waals surface area contributed by atoms with Crippen molar-refractivity contribution in [1.29, 1.82) is 0 Å². The van der Waals surface area contributed by atoms with Gasteiger partial charge in [-0.05, 0) is 61.0 Å². The minimum Gasteiger partial charge on any atom is -0.306 e. The third-order valence-corrected chi connectivity index (χ3v) is 6.99. The summed E-state index contributed by atoms with van der Waals surface area (Å²) in [6.45, 7) is 5.48. The van der Waals surface area contributed by atoms with Crippen LogP contribution in [0.3, 0.4) is 0 Å². The number of hydrogen-bond donors (Lipinski definition) is 1. The molecule has 3 rings (SSSR count). The number of rotatable bonds is 5. The largest absolute Gasteiger partial charge is 0.306 e. The molecule has 1 aromatic carbocycles. The zero-order valence-corrected chi connectivity index (χ0v) is 19.5. The van der Waals surface area contributed by atoms with Crippen molar-refractivity contribution in [2.24, 2.45) is 0 Å². The first kappa shape index (κ1) is 22.1. The van der Waals surface area contributed by atoms with E-state index in [1.165, 1.54) is 37.0 Å². The lowest BCUT2D eigenvalue weighted by molar-refractivity contribution is 0.102. The fourth-order valence-electron chi connectivity index (χ4n) is 2.77. The van der Waals surface area contributed by atoms with E-state index in [2.05, 4.69) is 36.3 Å². The molecule has 0 saturated heterocycles. The number of aryl methyl sites for hydroxylation is 3. The van der Waals surface area contributed by atoms with Crippen LogP contribution < -0.4 is 5.32 Å². The summed E-state index contributed by atoms with van der Waals surface area (Å²) < 4.78 is 28.0. The molecule has 0 aliphatic carbocycles. The van der Waals surface area contributed by atoms with E-state index >= 15 is 0 Å². The first-order valence-electron chi connectivity index (χ1n) is 8.92. The number of hydrogen-bond acceptors (Lipinski definition) is 6. The Balaban J connectivity index is 1.98. The van der Waals surface area contributed by atoms with E-state index in [0.29, 0.717) is 21.9 Å². The Morgan fingerprint density at radius 3 is 2.27 bits per heavy atom. The van der Waals surface area contributed by atoms with E-state index in [-0.39, 0.29) is 10.5 Å². The normalized spacial score (nSPS) is 11.7. The molecule has 0 saturated carbocycles. The first-order chi connectivity index (χ1) is 14.0. The predicted octanol–water partition coefficient (Wildman–Crippen LogP) is 2.85. The number of nitrogens with one attached hydrogen (secondary N) is 1. The van der Waals surface area contributed by atoms with Gasteiger partial charge in [-0.3, -0.25) is 4.79 Å². The average Bonchev–Trinajstić information content (AvgIpc) is 3.01. The summed E-state index contributed by atoms with van der Waals surface area (Å²) >= 11 is 3.24. The summed E-state index contributed by atoms with van der Waals surface area (Å²) in [5, 5.41) is 7.14. The average molecular weight is 493 g/mol. The van der Waals surface area contributed by atoms with Crippen molar-refractivity contribution in [2.75, 3.05) is 19.4 Å². The number of carbonyl (C=O) groups excluding carboxylic acids is 1. The van der Waals surface area contributed by atoms with E-state index in [1.807, 2.05) is 19.9 Å². The van der Waals surface area contributed by atoms with E-state index in [9.17, 15) is 13.2 Å². The molecule has 1 amide bonds. The molecule has 1 N–H and O–H groups in total. The van der Waals surface area contributed by atoms with Crippen LogP contribution in [0.2, 0.25) is 0 Å². The molecule has 0 radical (unpaired) electrons. The molecule has 11 heteroatoms. The van der Waals surface area contributed by atoms with Crippen LogP contribution in [0.1, 0.15) is 27.4 Å². The summed E-state index contributed by atoms with van der Waals surface area (Å²) in [6, 6.07) is 7.92. The molecule has 2 aromatic heterocycles. The van der Waals surface area contributed by atoms with Crippen LogP contribution in [0, 0.1) is 20.8 Å². The van der Waals surface area contributed by atoms with Crippen molar-refractivity contribution in [2.45, 2.75) is 25.7 Å². The third-order valence-electron chi connectivity index (χ3n) is 4.19. The quantitative estimate of drug-likeness (QED) is 0.586. The lowest BCUT2D eigenvalue weighted by atomic mass is 10.2. The molecule has 3 aromatic rings. The Labute approximate surface area is 183 Å². The second-order valence-electron chi connectivity index (χ2n) is 6.92. The Hall–Kier alpha value is -2.63. The zero-order valence-electron chi connectivity index (χ0n) is 17.1. The lowest BCUT2D eigenvalue weighted by Gasteiger charge is -2.14. The minimum atomic E-state index is -3.72. The van der Waals surface area contributed by atoms with Crippen LogP contribution in [0.15, 0.2) is 39.7 Å². The molecular formula is C19H21BrN6O3S. The van der Waals surface area contributed by atoms with Gasteiger partial charge in [0, 0.05) is 41.6 Å². The molecule has 9 nitrogen and oxygen atoms in total. The van der Waals surface area contributed by atoms with Crippen LogP contribution in [0.5, 0.6) is 0 Å². The summed E-state index contributed by atoms with van der Waals surface area (Å²) in [5.41, 5.74) is 2.40. The van der Waals surface area contributed by atoms with Gasteiger partial charge in [0.15, 0.2) is 0 Å². The second kappa shape index (κ2) is 8.25. The molecule has 158 valence electrons. The van der Waals surface area contributed by atoms with E-state index < -0.39 is 15.9 Å². The van der Waals surface area contributed by atoms with Gasteiger partial charge in [-0.25, -0.2) is 22.7 Å². The highest BCUT2D eigenvalue weighted by Crippen LogP contribution is 2.26. The van der Waals surface area contributed by atoms with Gasteiger partial charge in [-0.15, -0.1) is 0 Å². The number of halogens is 1. The van der Waals surface area contributed by atoms with Gasteiger partial charge in [0.2, 0.25) is 10.0 Å². The maximum absolute atomic E-state index is 12.9. The van der Waals surface area contributed by atoms with Gasteiger partial charge < -0.3 is 5.32 Å². The monoisotopic (exact) mass is 492 g/mol. The van der Waals surface area contributed by atoms with Crippen LogP contribution in [-0.2, 0) is 10.0 Å². The Kier molecular flexibility index (Phi) is 6.06. The lowest BCUT2D eigenvalue weighted by Crippen LogP contribution is -2.23. The maximum atomic E-state index is 12.9. The summed E-state index contributed by atoms with van der Waals surface area (Å²) in [7, 11) is -0.864. The van der Waals surface area contributed by atoms with Crippen LogP contribution in [-0.4, -0.2) is 52.5 Å². The Morgan fingerprint density at radius 1 is 1.03 bits per heavy atom. The zero-order chi connectivity index (χ0) is 22.2. The highest BCUT2D eigenvalue weighted by molar-refractivity contribution is 9.10. The summed E-state index contributed by atoms with van der Waals surface area (Å²) in [6.07, 6.45) is 0. The fraction of sp³-hybridized carbons (Fsp3) is 0.263. The van der Waals surface area contributed by atoms with Gasteiger partial charge in [-0.1, -0.05) is 0 Å². The van der Waals surface area contributed by atoms with E-state index in [1.54, 1.807) is 13.0 Å². The van der Waals surface area contributed by atoms with Crippen molar-refractivity contribution in [3.8, 4) is 5.95 Å². The van der Waals surface area contributed by atoms with E-state index in [0.717, 1.165) is 15.7 Å². The molecule has 0 unspecified atom stereocenters. The molecule has 0 bridgehead atoms. The van der Waals surface area contributed by atoms with Crippen molar-refractivity contribution in [1.82, 2.24) is 24.1 Å². The molecule has 2 heterocycles. The third kappa shape index (κ3) is 4.42. The van der Waals surface area contributed by atoms with Gasteiger partial charge in [0.25, 0.3) is 11.9 Å². The van der Waals surface area contributed by atoms with Crippen LogP contribution in [0.4, 0.5) is 5.82 Å². The number of aromatic nitrogens is 4. The molecule has 0 fully saturated rings. The van der Waals surface area contributed by atoms with Crippen molar-refractivity contribution >= 4 is 37.7 Å². The summed E-state index contributed by atoms with van der Waals surface area (Å²) in [4.78, 5) is 21.7. The van der Waals surface area contributed by atoms with Crippen LogP contribution >= 0.6 is 15.9 Å². The van der Waals surface area contributed by atoms with Crippen molar-refractivity contribution < 1.29 is 13.2 Å². The van der Waals surface area contributed by atoms with Crippen LogP contribution in [0.25, 0.3) is 5.95 Å². The predicted molar refractivity (Wildman–Crippen MR) is 116 cm³/mol. The van der Waals surface area contributed by atoms with Crippen molar-refractivity contribution in [3.63, 3.8) is 0 Å². The summed E-state index contributed by atoms with van der Waals surface area (Å²) in [5.74, 6) is 0.230. The number of benzene rings is 1. The molecule has 0 spiro atoms. The Morgan fingerprint density at radius 2 is 1.67 bits per heavy atom.